The van der Waals surface area contributed by atoms with Crippen LogP contribution in [0.5, 0.6) is 0 Å². The Hall–Kier alpha value is -2.76. The Balaban J connectivity index is 1.95. The van der Waals surface area contributed by atoms with E-state index in [2.05, 4.69) is 4.98 Å². The minimum atomic E-state index is -0.741. The lowest BCUT2D eigenvalue weighted by atomic mass is 9.81. The second kappa shape index (κ2) is 6.39. The number of pyridine rings is 1. The molecule has 1 aliphatic rings. The standard InChI is InChI=1S/C18H16FNO4/c1-2-24-18(23)14-9-13-15(20-17(14)22)7-11(8-16(13)21)10-3-5-12(19)6-4-10/h3-6,9,11H,2,7-8H2,1H3,(H,20,22)/t11-/m1/s1. The molecule has 0 bridgehead atoms. The highest BCUT2D eigenvalue weighted by molar-refractivity contribution is 6.01. The Morgan fingerprint density at radius 1 is 1.25 bits per heavy atom. The largest absolute Gasteiger partial charge is 0.462 e. The highest BCUT2D eigenvalue weighted by Crippen LogP contribution is 2.31. The molecule has 2 aromatic rings. The zero-order valence-corrected chi connectivity index (χ0v) is 13.1. The first-order valence-electron chi connectivity index (χ1n) is 7.71. The fraction of sp³-hybridized carbons (Fsp3) is 0.278. The molecule has 0 saturated carbocycles. The lowest BCUT2D eigenvalue weighted by Crippen LogP contribution is -2.28. The van der Waals surface area contributed by atoms with Gasteiger partial charge < -0.3 is 9.72 Å². The normalized spacial score (nSPS) is 16.6. The van der Waals surface area contributed by atoms with Crippen molar-refractivity contribution in [2.75, 3.05) is 6.61 Å². The average molecular weight is 329 g/mol. The molecular formula is C18H16FNO4. The van der Waals surface area contributed by atoms with Crippen molar-refractivity contribution in [1.29, 1.82) is 0 Å². The molecule has 0 aliphatic heterocycles. The Labute approximate surface area is 137 Å². The van der Waals surface area contributed by atoms with Gasteiger partial charge in [-0.2, -0.15) is 0 Å². The fourth-order valence-corrected chi connectivity index (χ4v) is 2.96. The Morgan fingerprint density at radius 3 is 2.62 bits per heavy atom. The summed E-state index contributed by atoms with van der Waals surface area (Å²) in [7, 11) is 0. The van der Waals surface area contributed by atoms with E-state index in [-0.39, 0.29) is 36.1 Å². The second-order valence-electron chi connectivity index (χ2n) is 5.70. The first-order valence-corrected chi connectivity index (χ1v) is 7.71. The maximum Gasteiger partial charge on any atom is 0.343 e. The molecule has 1 aliphatic carbocycles. The van der Waals surface area contributed by atoms with E-state index in [1.54, 1.807) is 19.1 Å². The Kier molecular flexibility index (Phi) is 4.29. The predicted octanol–water partition coefficient (Wildman–Crippen LogP) is 2.60. The van der Waals surface area contributed by atoms with Crippen LogP contribution in [0.15, 0.2) is 35.1 Å². The summed E-state index contributed by atoms with van der Waals surface area (Å²) in [6, 6.07) is 7.30. The van der Waals surface area contributed by atoms with E-state index in [4.69, 9.17) is 4.74 Å². The van der Waals surface area contributed by atoms with Crippen LogP contribution in [0.1, 0.15) is 51.2 Å². The molecule has 1 aromatic carbocycles. The van der Waals surface area contributed by atoms with Crippen molar-refractivity contribution in [3.63, 3.8) is 0 Å². The first-order chi connectivity index (χ1) is 11.5. The van der Waals surface area contributed by atoms with Gasteiger partial charge in [-0.05, 0) is 43.0 Å². The molecular weight excluding hydrogens is 313 g/mol. The summed E-state index contributed by atoms with van der Waals surface area (Å²) in [5.74, 6) is -1.37. The van der Waals surface area contributed by atoms with Crippen molar-refractivity contribution >= 4 is 11.8 Å². The number of carbonyl (C=O) groups is 2. The van der Waals surface area contributed by atoms with E-state index < -0.39 is 11.5 Å². The quantitative estimate of drug-likeness (QED) is 0.878. The number of aromatic nitrogens is 1. The number of hydrogen-bond donors (Lipinski definition) is 1. The average Bonchev–Trinajstić information content (AvgIpc) is 2.55. The molecule has 6 heteroatoms. The number of Topliss-reactive ketones (excluding diaryl/α,β-unsaturated/α-hetero) is 1. The lowest BCUT2D eigenvalue weighted by molar-refractivity contribution is 0.0524. The van der Waals surface area contributed by atoms with Gasteiger partial charge in [-0.25, -0.2) is 9.18 Å². The molecule has 1 N–H and O–H groups in total. The number of esters is 1. The van der Waals surface area contributed by atoms with Crippen LogP contribution < -0.4 is 5.56 Å². The molecule has 5 nitrogen and oxygen atoms in total. The number of ether oxygens (including phenoxy) is 1. The third-order valence-electron chi connectivity index (χ3n) is 4.14. The van der Waals surface area contributed by atoms with E-state index in [0.717, 1.165) is 5.56 Å². The van der Waals surface area contributed by atoms with Crippen LogP contribution in [0.4, 0.5) is 4.39 Å². The number of nitrogens with one attached hydrogen (secondary N) is 1. The molecule has 0 radical (unpaired) electrons. The molecule has 24 heavy (non-hydrogen) atoms. The molecule has 1 heterocycles. The summed E-state index contributed by atoms with van der Waals surface area (Å²) in [6.45, 7) is 1.79. The van der Waals surface area contributed by atoms with Gasteiger partial charge in [0.1, 0.15) is 11.4 Å². The smallest absolute Gasteiger partial charge is 0.343 e. The minimum absolute atomic E-state index is 0.130. The van der Waals surface area contributed by atoms with Gasteiger partial charge in [-0.1, -0.05) is 12.1 Å². The third-order valence-corrected chi connectivity index (χ3v) is 4.14. The van der Waals surface area contributed by atoms with Crippen LogP contribution in [0.2, 0.25) is 0 Å². The number of benzene rings is 1. The van der Waals surface area contributed by atoms with E-state index in [9.17, 15) is 18.8 Å². The van der Waals surface area contributed by atoms with Crippen molar-refractivity contribution < 1.29 is 18.7 Å². The van der Waals surface area contributed by atoms with Crippen molar-refractivity contribution in [2.45, 2.75) is 25.7 Å². The predicted molar refractivity (Wildman–Crippen MR) is 84.8 cm³/mol. The van der Waals surface area contributed by atoms with Crippen molar-refractivity contribution in [2.24, 2.45) is 0 Å². The maximum atomic E-state index is 13.0. The minimum Gasteiger partial charge on any atom is -0.462 e. The van der Waals surface area contributed by atoms with Gasteiger partial charge in [0.25, 0.3) is 5.56 Å². The van der Waals surface area contributed by atoms with Crippen LogP contribution in [0.25, 0.3) is 0 Å². The third kappa shape index (κ3) is 2.99. The fourth-order valence-electron chi connectivity index (χ4n) is 2.96. The summed E-state index contributed by atoms with van der Waals surface area (Å²) >= 11 is 0. The van der Waals surface area contributed by atoms with E-state index in [1.807, 2.05) is 0 Å². The molecule has 3 rings (SSSR count). The van der Waals surface area contributed by atoms with E-state index in [0.29, 0.717) is 17.7 Å². The van der Waals surface area contributed by atoms with Crippen molar-refractivity contribution in [1.82, 2.24) is 4.98 Å². The molecule has 1 aromatic heterocycles. The summed E-state index contributed by atoms with van der Waals surface area (Å²) in [5, 5.41) is 0. The topological polar surface area (TPSA) is 76.2 Å². The number of hydrogen-bond acceptors (Lipinski definition) is 4. The summed E-state index contributed by atoms with van der Waals surface area (Å²) in [4.78, 5) is 38.9. The van der Waals surface area contributed by atoms with Crippen LogP contribution in [-0.4, -0.2) is 23.3 Å². The molecule has 124 valence electrons. The molecule has 0 saturated heterocycles. The number of rotatable bonds is 3. The zero-order chi connectivity index (χ0) is 17.3. The molecule has 0 unspecified atom stereocenters. The van der Waals surface area contributed by atoms with Crippen LogP contribution >= 0.6 is 0 Å². The number of halogens is 1. The van der Waals surface area contributed by atoms with E-state index in [1.165, 1.54) is 18.2 Å². The van der Waals surface area contributed by atoms with Crippen molar-refractivity contribution in [3.05, 3.63) is 68.9 Å². The summed E-state index contributed by atoms with van der Waals surface area (Å²) in [6.07, 6.45) is 0.692. The molecule has 0 spiro atoms. The monoisotopic (exact) mass is 329 g/mol. The number of H-pyrrole nitrogens is 1. The Morgan fingerprint density at radius 2 is 1.96 bits per heavy atom. The second-order valence-corrected chi connectivity index (χ2v) is 5.70. The Bertz CT molecular complexity index is 854. The van der Waals surface area contributed by atoms with Gasteiger partial charge in [-0.15, -0.1) is 0 Å². The number of aromatic amines is 1. The SMILES string of the molecule is CCOC(=O)c1cc2c([nH]c1=O)C[C@@H](c1ccc(F)cc1)CC2=O. The zero-order valence-electron chi connectivity index (χ0n) is 13.1. The number of ketones is 1. The molecule has 0 amide bonds. The number of carbonyl (C=O) groups excluding carboxylic acids is 2. The van der Waals surface area contributed by atoms with Gasteiger partial charge in [0.2, 0.25) is 0 Å². The van der Waals surface area contributed by atoms with Crippen LogP contribution in [0, 0.1) is 5.82 Å². The van der Waals surface area contributed by atoms with Gasteiger partial charge in [0.05, 0.1) is 6.61 Å². The van der Waals surface area contributed by atoms with Gasteiger partial charge in [0, 0.05) is 17.7 Å². The molecule has 1 atom stereocenters. The van der Waals surface area contributed by atoms with Gasteiger partial charge in [-0.3, -0.25) is 9.59 Å². The number of fused-ring (bicyclic) bond motifs is 1. The summed E-state index contributed by atoms with van der Waals surface area (Å²) < 4.78 is 17.9. The molecule has 0 fully saturated rings. The highest BCUT2D eigenvalue weighted by Gasteiger charge is 2.29. The highest BCUT2D eigenvalue weighted by atomic mass is 19.1. The van der Waals surface area contributed by atoms with Gasteiger partial charge >= 0.3 is 5.97 Å². The van der Waals surface area contributed by atoms with Gasteiger partial charge in [0.15, 0.2) is 5.78 Å². The first kappa shape index (κ1) is 16.1. The van der Waals surface area contributed by atoms with E-state index >= 15 is 0 Å². The van der Waals surface area contributed by atoms with Crippen molar-refractivity contribution in [3.8, 4) is 0 Å². The lowest BCUT2D eigenvalue weighted by Gasteiger charge is -2.24. The maximum absolute atomic E-state index is 13.0. The van der Waals surface area contributed by atoms with Crippen LogP contribution in [-0.2, 0) is 11.2 Å². The summed E-state index contributed by atoms with van der Waals surface area (Å²) in [5.41, 5.74) is 0.948. The van der Waals surface area contributed by atoms with Crippen LogP contribution in [0.3, 0.4) is 0 Å².